The number of nitrogens with one attached hydrogen (secondary N) is 2. The van der Waals surface area contributed by atoms with Crippen molar-refractivity contribution in [2.45, 2.75) is 90.5 Å². The minimum absolute atomic E-state index is 0.0184. The lowest BCUT2D eigenvalue weighted by atomic mass is 9.63. The second kappa shape index (κ2) is 13.9. The van der Waals surface area contributed by atoms with Gasteiger partial charge in [0.1, 0.15) is 11.5 Å². The number of aromatic hydroxyl groups is 1. The van der Waals surface area contributed by atoms with Crippen molar-refractivity contribution in [3.63, 3.8) is 0 Å². The number of benzene rings is 3. The smallest absolute Gasteiger partial charge is 0.305 e. The molecule has 0 aliphatic heterocycles. The average molecular weight is 601 g/mol. The highest BCUT2D eigenvalue weighted by Gasteiger charge is 2.37. The molecule has 3 aromatic carbocycles. The molecule has 0 saturated carbocycles. The fourth-order valence-corrected chi connectivity index (χ4v) is 5.91. The van der Waals surface area contributed by atoms with Crippen LogP contribution >= 0.6 is 0 Å². The molecule has 3 aromatic rings. The van der Waals surface area contributed by atoms with Crippen LogP contribution < -0.4 is 15.4 Å². The van der Waals surface area contributed by atoms with Crippen molar-refractivity contribution in [3.8, 4) is 33.8 Å². The molecule has 0 fully saturated rings. The molecule has 0 spiro atoms. The van der Waals surface area contributed by atoms with E-state index in [1.165, 1.54) is 17.2 Å². The van der Waals surface area contributed by atoms with Gasteiger partial charge in [-0.15, -0.1) is 0 Å². The highest BCUT2D eigenvalue weighted by atomic mass is 16.5. The Kier molecular flexibility index (Phi) is 10.4. The molecule has 0 saturated heterocycles. The molecule has 4 rings (SSSR count). The second-order valence-electron chi connectivity index (χ2n) is 13.5. The summed E-state index contributed by atoms with van der Waals surface area (Å²) in [6.07, 6.45) is 4.06. The standard InChI is InChI=1S/C37H48N2O5/c1-24(2)38-18-7-8-20-44-33-14-11-25(28-12-9-27(23-32(28)40)35(43)39-19-15-34(41)42)21-29(33)26-10-13-30-31(22-26)37(5,6)17-16-36(30,3)4/h9-14,21-24,38,40H,7-8,15-20H2,1-6H3,(H,39,43)(H,41,42). The Hall–Kier alpha value is -3.84. The number of aliphatic carboxylic acids is 1. The maximum absolute atomic E-state index is 12.5. The summed E-state index contributed by atoms with van der Waals surface area (Å²) in [6.45, 7) is 15.2. The van der Waals surface area contributed by atoms with Crippen molar-refractivity contribution in [1.29, 1.82) is 0 Å². The maximum Gasteiger partial charge on any atom is 0.305 e. The van der Waals surface area contributed by atoms with Gasteiger partial charge < -0.3 is 25.6 Å². The maximum atomic E-state index is 12.5. The lowest BCUT2D eigenvalue weighted by Crippen LogP contribution is -2.33. The molecule has 1 aliphatic carbocycles. The molecule has 7 nitrogen and oxygen atoms in total. The van der Waals surface area contributed by atoms with E-state index >= 15 is 0 Å². The minimum atomic E-state index is -0.985. The van der Waals surface area contributed by atoms with Crippen molar-refractivity contribution >= 4 is 11.9 Å². The van der Waals surface area contributed by atoms with E-state index in [4.69, 9.17) is 9.84 Å². The third-order valence-electron chi connectivity index (χ3n) is 8.72. The molecule has 0 bridgehead atoms. The second-order valence-corrected chi connectivity index (χ2v) is 13.5. The SMILES string of the molecule is CC(C)NCCCCOc1ccc(-c2ccc(C(=O)NCCC(=O)O)cc2O)cc1-c1ccc2c(c1)C(C)(C)CCC2(C)C. The first-order valence-corrected chi connectivity index (χ1v) is 15.8. The number of carbonyl (C=O) groups is 2. The lowest BCUT2D eigenvalue weighted by Gasteiger charge is -2.42. The van der Waals surface area contributed by atoms with Gasteiger partial charge in [-0.25, -0.2) is 0 Å². The number of fused-ring (bicyclic) bond motifs is 1. The summed E-state index contributed by atoms with van der Waals surface area (Å²) in [4.78, 5) is 23.3. The summed E-state index contributed by atoms with van der Waals surface area (Å²) in [7, 11) is 0. The molecule has 4 N–H and O–H groups in total. The van der Waals surface area contributed by atoms with Crippen LogP contribution in [0.4, 0.5) is 0 Å². The summed E-state index contributed by atoms with van der Waals surface area (Å²) in [6, 6.07) is 18.0. The number of hydrogen-bond donors (Lipinski definition) is 4. The third kappa shape index (κ3) is 8.00. The number of ether oxygens (including phenoxy) is 1. The Labute approximate surface area is 262 Å². The van der Waals surface area contributed by atoms with E-state index in [0.29, 0.717) is 18.2 Å². The first-order valence-electron chi connectivity index (χ1n) is 15.8. The van der Waals surface area contributed by atoms with Crippen molar-refractivity contribution in [3.05, 3.63) is 71.3 Å². The summed E-state index contributed by atoms with van der Waals surface area (Å²) < 4.78 is 6.38. The van der Waals surface area contributed by atoms with Crippen molar-refractivity contribution in [2.24, 2.45) is 0 Å². The number of phenolic OH excluding ortho intramolecular Hbond substituents is 1. The van der Waals surface area contributed by atoms with Crippen molar-refractivity contribution in [2.75, 3.05) is 19.7 Å². The third-order valence-corrected chi connectivity index (χ3v) is 8.72. The number of amides is 1. The van der Waals surface area contributed by atoms with E-state index in [9.17, 15) is 14.7 Å². The number of rotatable bonds is 13. The normalized spacial score (nSPS) is 15.1. The van der Waals surface area contributed by atoms with Gasteiger partial charge in [-0.1, -0.05) is 65.8 Å². The van der Waals surface area contributed by atoms with Gasteiger partial charge in [0, 0.05) is 29.3 Å². The Morgan fingerprint density at radius 3 is 2.20 bits per heavy atom. The van der Waals surface area contributed by atoms with Crippen LogP contribution in [0.3, 0.4) is 0 Å². The Morgan fingerprint density at radius 1 is 0.841 bits per heavy atom. The number of unbranched alkanes of at least 4 members (excludes halogenated alkanes) is 1. The molecular formula is C37H48N2O5. The molecule has 44 heavy (non-hydrogen) atoms. The van der Waals surface area contributed by atoms with E-state index in [2.05, 4.69) is 76.4 Å². The molecule has 0 unspecified atom stereocenters. The van der Waals surface area contributed by atoms with Gasteiger partial charge in [-0.2, -0.15) is 0 Å². The Bertz CT molecular complexity index is 1490. The van der Waals surface area contributed by atoms with E-state index in [-0.39, 0.29) is 35.1 Å². The predicted molar refractivity (Wildman–Crippen MR) is 177 cm³/mol. The van der Waals surface area contributed by atoms with Gasteiger partial charge in [-0.3, -0.25) is 9.59 Å². The van der Waals surface area contributed by atoms with Crippen LogP contribution in [0.1, 0.15) is 95.1 Å². The van der Waals surface area contributed by atoms with Crippen molar-refractivity contribution in [1.82, 2.24) is 10.6 Å². The Balaban J connectivity index is 1.67. The average Bonchev–Trinajstić information content (AvgIpc) is 2.97. The molecule has 0 radical (unpaired) electrons. The van der Waals surface area contributed by atoms with E-state index in [1.807, 2.05) is 12.1 Å². The molecule has 0 atom stereocenters. The number of hydrogen-bond acceptors (Lipinski definition) is 5. The van der Waals surface area contributed by atoms with E-state index in [1.54, 1.807) is 12.1 Å². The molecule has 1 amide bonds. The number of carboxylic acids is 1. The van der Waals surface area contributed by atoms with Gasteiger partial charge in [0.15, 0.2) is 0 Å². The zero-order valence-corrected chi connectivity index (χ0v) is 27.0. The molecule has 0 heterocycles. The van der Waals surface area contributed by atoms with Gasteiger partial charge >= 0.3 is 5.97 Å². The first-order chi connectivity index (χ1) is 20.8. The van der Waals surface area contributed by atoms with Crippen LogP contribution in [0, 0.1) is 0 Å². The fraction of sp³-hybridized carbons (Fsp3) is 0.459. The van der Waals surface area contributed by atoms with Gasteiger partial charge in [0.25, 0.3) is 5.91 Å². The van der Waals surface area contributed by atoms with Crippen LogP contribution in [0.15, 0.2) is 54.6 Å². The summed E-state index contributed by atoms with van der Waals surface area (Å²) in [5.41, 5.74) is 6.63. The molecule has 0 aromatic heterocycles. The van der Waals surface area contributed by atoms with Crippen LogP contribution in [0.5, 0.6) is 11.5 Å². The van der Waals surface area contributed by atoms with Gasteiger partial charge in [0.2, 0.25) is 0 Å². The quantitative estimate of drug-likeness (QED) is 0.152. The zero-order chi connectivity index (χ0) is 32.1. The van der Waals surface area contributed by atoms with Gasteiger partial charge in [0.05, 0.1) is 13.0 Å². The highest BCUT2D eigenvalue weighted by Crippen LogP contribution is 2.48. The monoisotopic (exact) mass is 600 g/mol. The highest BCUT2D eigenvalue weighted by molar-refractivity contribution is 5.96. The summed E-state index contributed by atoms with van der Waals surface area (Å²) >= 11 is 0. The van der Waals surface area contributed by atoms with Crippen molar-refractivity contribution < 1.29 is 24.5 Å². The van der Waals surface area contributed by atoms with Crippen LogP contribution in [0.25, 0.3) is 22.3 Å². The van der Waals surface area contributed by atoms with Crippen LogP contribution in [0.2, 0.25) is 0 Å². The topological polar surface area (TPSA) is 108 Å². The van der Waals surface area contributed by atoms with Crippen LogP contribution in [-0.2, 0) is 15.6 Å². The summed E-state index contributed by atoms with van der Waals surface area (Å²) in [5.74, 6) is -0.643. The molecular weight excluding hydrogens is 552 g/mol. The first kappa shape index (κ1) is 33.1. The van der Waals surface area contributed by atoms with Gasteiger partial charge in [-0.05, 0) is 95.6 Å². The van der Waals surface area contributed by atoms with E-state index < -0.39 is 11.9 Å². The summed E-state index contributed by atoms with van der Waals surface area (Å²) in [5, 5.41) is 25.8. The molecule has 1 aliphatic rings. The van der Waals surface area contributed by atoms with E-state index in [0.717, 1.165) is 54.7 Å². The Morgan fingerprint density at radius 2 is 1.52 bits per heavy atom. The molecule has 7 heteroatoms. The van der Waals surface area contributed by atoms with Crippen LogP contribution in [-0.4, -0.2) is 47.8 Å². The predicted octanol–water partition coefficient (Wildman–Crippen LogP) is 7.44. The number of carbonyl (C=O) groups excluding carboxylic acids is 1. The minimum Gasteiger partial charge on any atom is -0.507 e. The molecule has 236 valence electrons. The zero-order valence-electron chi connectivity index (χ0n) is 27.0. The number of phenols is 1. The lowest BCUT2D eigenvalue weighted by molar-refractivity contribution is -0.136. The number of carboxylic acid groups (broad SMARTS) is 1. The fourth-order valence-electron chi connectivity index (χ4n) is 5.91. The largest absolute Gasteiger partial charge is 0.507 e.